The first-order valence-electron chi connectivity index (χ1n) is 6.81. The summed E-state index contributed by atoms with van der Waals surface area (Å²) in [5, 5.41) is 0. The van der Waals surface area contributed by atoms with E-state index in [9.17, 15) is 9.59 Å². The predicted molar refractivity (Wildman–Crippen MR) is 76.1 cm³/mol. The number of H-pyrrole nitrogens is 2. The lowest BCUT2D eigenvalue weighted by atomic mass is 10.2. The quantitative estimate of drug-likeness (QED) is 0.818. The Hall–Kier alpha value is -1.89. The number of nitrogens with zero attached hydrogens (tertiary/aromatic N) is 2. The maximum atomic E-state index is 11.8. The van der Waals surface area contributed by atoms with E-state index in [0.717, 1.165) is 12.8 Å². The molecule has 0 aliphatic heterocycles. The van der Waals surface area contributed by atoms with Gasteiger partial charge in [-0.2, -0.15) is 0 Å². The fourth-order valence-electron chi connectivity index (χ4n) is 2.10. The molecule has 0 spiro atoms. The number of methoxy groups -OCH3 is 1. The summed E-state index contributed by atoms with van der Waals surface area (Å²) in [4.78, 5) is 33.3. The van der Waals surface area contributed by atoms with Gasteiger partial charge in [-0.25, -0.2) is 9.78 Å². The summed E-state index contributed by atoms with van der Waals surface area (Å²) >= 11 is 0. The molecule has 0 radical (unpaired) electrons. The standard InChI is InChI=1S/C13H20N4O3/c1-4-7-17-11-10(12(18)16-13(17)19)14-9(15-11)6-5-8(2)20-3/h8H,4-7H2,1-3H3,(H,14,15)(H,16,18,19). The Kier molecular flexibility index (Phi) is 4.39. The van der Waals surface area contributed by atoms with Crippen LogP contribution < -0.4 is 11.2 Å². The third-order valence-corrected chi connectivity index (χ3v) is 3.32. The van der Waals surface area contributed by atoms with Crippen LogP contribution in [0, 0.1) is 0 Å². The zero-order valence-electron chi connectivity index (χ0n) is 12.0. The highest BCUT2D eigenvalue weighted by Gasteiger charge is 2.13. The minimum absolute atomic E-state index is 0.124. The van der Waals surface area contributed by atoms with Crippen LogP contribution in [0.25, 0.3) is 11.2 Å². The number of nitrogens with one attached hydrogen (secondary N) is 2. The maximum absolute atomic E-state index is 11.8. The van der Waals surface area contributed by atoms with Crippen LogP contribution in [-0.4, -0.2) is 32.7 Å². The molecule has 1 unspecified atom stereocenters. The molecule has 2 aromatic heterocycles. The fourth-order valence-corrected chi connectivity index (χ4v) is 2.10. The summed E-state index contributed by atoms with van der Waals surface area (Å²) in [6.45, 7) is 4.48. The molecule has 0 bridgehead atoms. The highest BCUT2D eigenvalue weighted by Crippen LogP contribution is 2.09. The molecular formula is C13H20N4O3. The lowest BCUT2D eigenvalue weighted by Gasteiger charge is -2.06. The van der Waals surface area contributed by atoms with Crippen LogP contribution >= 0.6 is 0 Å². The second kappa shape index (κ2) is 6.04. The van der Waals surface area contributed by atoms with Crippen molar-refractivity contribution in [2.75, 3.05) is 7.11 Å². The molecule has 110 valence electrons. The number of rotatable bonds is 6. The Morgan fingerprint density at radius 1 is 1.35 bits per heavy atom. The highest BCUT2D eigenvalue weighted by atomic mass is 16.5. The van der Waals surface area contributed by atoms with Crippen LogP contribution in [0.2, 0.25) is 0 Å². The fraction of sp³-hybridized carbons (Fsp3) is 0.615. The zero-order valence-corrected chi connectivity index (χ0v) is 12.0. The molecule has 0 saturated heterocycles. The molecule has 2 rings (SSSR count). The average molecular weight is 280 g/mol. The third-order valence-electron chi connectivity index (χ3n) is 3.32. The maximum Gasteiger partial charge on any atom is 0.330 e. The van der Waals surface area contributed by atoms with Gasteiger partial charge in [0.05, 0.1) is 6.10 Å². The van der Waals surface area contributed by atoms with Crippen LogP contribution in [0.15, 0.2) is 9.59 Å². The van der Waals surface area contributed by atoms with Gasteiger partial charge in [-0.1, -0.05) is 6.92 Å². The van der Waals surface area contributed by atoms with Gasteiger partial charge in [-0.15, -0.1) is 0 Å². The molecule has 0 aliphatic carbocycles. The van der Waals surface area contributed by atoms with E-state index in [2.05, 4.69) is 15.0 Å². The van der Waals surface area contributed by atoms with Crippen LogP contribution in [0.4, 0.5) is 0 Å². The monoisotopic (exact) mass is 280 g/mol. The van der Waals surface area contributed by atoms with Crippen LogP contribution in [0.3, 0.4) is 0 Å². The van der Waals surface area contributed by atoms with Gasteiger partial charge in [0.25, 0.3) is 5.56 Å². The van der Waals surface area contributed by atoms with Gasteiger partial charge in [0.1, 0.15) is 11.3 Å². The first kappa shape index (κ1) is 14.5. The Labute approximate surface area is 116 Å². The number of aromatic amines is 2. The van der Waals surface area contributed by atoms with Crippen molar-refractivity contribution in [3.05, 3.63) is 26.7 Å². The summed E-state index contributed by atoms with van der Waals surface area (Å²) < 4.78 is 6.68. The lowest BCUT2D eigenvalue weighted by Crippen LogP contribution is -2.30. The van der Waals surface area contributed by atoms with Gasteiger partial charge in [-0.3, -0.25) is 14.3 Å². The molecule has 2 aromatic rings. The first-order chi connectivity index (χ1) is 9.56. The number of ether oxygens (including phenoxy) is 1. The van der Waals surface area contributed by atoms with E-state index in [4.69, 9.17) is 4.74 Å². The lowest BCUT2D eigenvalue weighted by molar-refractivity contribution is 0.111. The highest BCUT2D eigenvalue weighted by molar-refractivity contribution is 5.69. The Morgan fingerprint density at radius 3 is 2.75 bits per heavy atom. The third kappa shape index (κ3) is 2.82. The largest absolute Gasteiger partial charge is 0.382 e. The molecular weight excluding hydrogens is 260 g/mol. The molecule has 2 N–H and O–H groups in total. The van der Waals surface area contributed by atoms with E-state index in [1.54, 1.807) is 7.11 Å². The van der Waals surface area contributed by atoms with Gasteiger partial charge in [0.15, 0.2) is 5.65 Å². The van der Waals surface area contributed by atoms with Crippen molar-refractivity contribution in [1.82, 2.24) is 19.5 Å². The van der Waals surface area contributed by atoms with Crippen LogP contribution in [-0.2, 0) is 17.7 Å². The summed E-state index contributed by atoms with van der Waals surface area (Å²) in [7, 11) is 1.66. The van der Waals surface area contributed by atoms with Crippen LogP contribution in [0.1, 0.15) is 32.5 Å². The second-order valence-corrected chi connectivity index (χ2v) is 4.88. The molecule has 20 heavy (non-hydrogen) atoms. The molecule has 1 atom stereocenters. The molecule has 7 nitrogen and oxygen atoms in total. The normalized spacial score (nSPS) is 12.9. The van der Waals surface area contributed by atoms with E-state index in [1.807, 2.05) is 13.8 Å². The summed E-state index contributed by atoms with van der Waals surface area (Å²) in [5.74, 6) is 0.699. The van der Waals surface area contributed by atoms with E-state index in [-0.39, 0.29) is 6.10 Å². The average Bonchev–Trinajstić information content (AvgIpc) is 2.85. The predicted octanol–water partition coefficient (Wildman–Crippen LogP) is 0.790. The van der Waals surface area contributed by atoms with E-state index >= 15 is 0 Å². The van der Waals surface area contributed by atoms with Crippen molar-refractivity contribution in [3.8, 4) is 0 Å². The van der Waals surface area contributed by atoms with E-state index < -0.39 is 11.2 Å². The first-order valence-corrected chi connectivity index (χ1v) is 6.81. The van der Waals surface area contributed by atoms with Gasteiger partial charge in [0.2, 0.25) is 0 Å². The number of imidazole rings is 1. The molecule has 0 saturated carbocycles. The summed E-state index contributed by atoms with van der Waals surface area (Å²) in [6.07, 6.45) is 2.39. The minimum atomic E-state index is -0.420. The summed E-state index contributed by atoms with van der Waals surface area (Å²) in [5.41, 5.74) is -0.0395. The topological polar surface area (TPSA) is 92.8 Å². The molecule has 0 amide bonds. The van der Waals surface area contributed by atoms with Crippen molar-refractivity contribution in [2.24, 2.45) is 0 Å². The molecule has 0 aliphatic rings. The molecule has 0 aromatic carbocycles. The molecule has 0 fully saturated rings. The van der Waals surface area contributed by atoms with Gasteiger partial charge in [-0.05, 0) is 19.8 Å². The van der Waals surface area contributed by atoms with Crippen molar-refractivity contribution >= 4 is 11.2 Å². The number of hydrogen-bond donors (Lipinski definition) is 2. The smallest absolute Gasteiger partial charge is 0.330 e. The molecule has 2 heterocycles. The number of aryl methyl sites for hydroxylation is 2. The van der Waals surface area contributed by atoms with Gasteiger partial charge in [0, 0.05) is 20.1 Å². The summed E-state index contributed by atoms with van der Waals surface area (Å²) in [6, 6.07) is 0. The molecule has 7 heteroatoms. The number of aromatic nitrogens is 4. The van der Waals surface area contributed by atoms with Crippen molar-refractivity contribution in [1.29, 1.82) is 0 Å². The minimum Gasteiger partial charge on any atom is -0.382 e. The zero-order chi connectivity index (χ0) is 14.7. The Morgan fingerprint density at radius 2 is 2.10 bits per heavy atom. The van der Waals surface area contributed by atoms with Gasteiger partial charge < -0.3 is 9.72 Å². The van der Waals surface area contributed by atoms with Gasteiger partial charge >= 0.3 is 5.69 Å². The Bertz CT molecular complexity index is 698. The van der Waals surface area contributed by atoms with E-state index in [0.29, 0.717) is 30.0 Å². The SMILES string of the molecule is CCCn1c(=O)[nH]c(=O)c2[nH]c(CCC(C)OC)nc21. The number of fused-ring (bicyclic) bond motifs is 1. The van der Waals surface area contributed by atoms with Crippen molar-refractivity contribution in [3.63, 3.8) is 0 Å². The van der Waals surface area contributed by atoms with Crippen LogP contribution in [0.5, 0.6) is 0 Å². The second-order valence-electron chi connectivity index (χ2n) is 4.88. The van der Waals surface area contributed by atoms with Crippen molar-refractivity contribution < 1.29 is 4.74 Å². The van der Waals surface area contributed by atoms with Crippen molar-refractivity contribution in [2.45, 2.75) is 45.8 Å². The number of hydrogen-bond acceptors (Lipinski definition) is 4. The van der Waals surface area contributed by atoms with E-state index in [1.165, 1.54) is 4.57 Å². The Balaban J connectivity index is 2.42.